The van der Waals surface area contributed by atoms with Gasteiger partial charge in [-0.15, -0.1) is 0 Å². The number of carbonyl (C=O) groups is 2. The molecule has 1 aliphatic carbocycles. The van der Waals surface area contributed by atoms with Gasteiger partial charge in [-0.3, -0.25) is 9.59 Å². The topological polar surface area (TPSA) is 113 Å². The minimum Gasteiger partial charge on any atom is -0.487 e. The number of fused-ring (bicyclic) bond motifs is 4. The molecule has 1 saturated carbocycles. The molecule has 8 nitrogen and oxygen atoms in total. The Hall–Kier alpha value is -4.38. The van der Waals surface area contributed by atoms with Gasteiger partial charge in [0.15, 0.2) is 0 Å². The molecule has 8 heteroatoms. The van der Waals surface area contributed by atoms with E-state index in [1.807, 2.05) is 38.1 Å². The molecule has 0 saturated heterocycles. The minimum absolute atomic E-state index is 0.0461. The molecular weight excluding hydrogens is 456 g/mol. The van der Waals surface area contributed by atoms with Gasteiger partial charge >= 0.3 is 0 Å². The van der Waals surface area contributed by atoms with Crippen molar-refractivity contribution in [2.24, 2.45) is 0 Å². The molecule has 0 spiro atoms. The Bertz CT molecular complexity index is 1460. The summed E-state index contributed by atoms with van der Waals surface area (Å²) in [5, 5.41) is 15.3. The molecule has 6 rings (SSSR count). The van der Waals surface area contributed by atoms with Crippen LogP contribution in [-0.4, -0.2) is 28.9 Å². The Morgan fingerprint density at radius 2 is 2.08 bits per heavy atom. The van der Waals surface area contributed by atoms with Crippen LogP contribution < -0.4 is 20.1 Å². The first-order valence-corrected chi connectivity index (χ1v) is 11.9. The monoisotopic (exact) mass is 480 g/mol. The maximum Gasteiger partial charge on any atom is 0.251 e. The van der Waals surface area contributed by atoms with Crippen LogP contribution >= 0.6 is 0 Å². The summed E-state index contributed by atoms with van der Waals surface area (Å²) in [6, 6.07) is 16.8. The number of rotatable bonds is 5. The summed E-state index contributed by atoms with van der Waals surface area (Å²) < 4.78 is 12.2. The predicted octanol–water partition coefficient (Wildman–Crippen LogP) is 4.22. The van der Waals surface area contributed by atoms with Crippen molar-refractivity contribution in [2.45, 2.75) is 50.2 Å². The van der Waals surface area contributed by atoms with Gasteiger partial charge in [0.05, 0.1) is 23.4 Å². The second-order valence-corrected chi connectivity index (χ2v) is 9.91. The van der Waals surface area contributed by atoms with Crippen molar-refractivity contribution in [1.29, 1.82) is 5.26 Å². The van der Waals surface area contributed by atoms with Crippen LogP contribution in [0.25, 0.3) is 0 Å². The first-order valence-electron chi connectivity index (χ1n) is 11.9. The largest absolute Gasteiger partial charge is 0.487 e. The van der Waals surface area contributed by atoms with E-state index >= 15 is 0 Å². The van der Waals surface area contributed by atoms with Gasteiger partial charge in [-0.05, 0) is 62.2 Å². The lowest BCUT2D eigenvalue weighted by Gasteiger charge is -2.19. The number of pyridine rings is 1. The van der Waals surface area contributed by atoms with E-state index in [1.165, 1.54) is 0 Å². The molecule has 1 aromatic heterocycles. The van der Waals surface area contributed by atoms with E-state index < -0.39 is 5.41 Å². The first kappa shape index (κ1) is 22.1. The number of nitrogens with one attached hydrogen (secondary N) is 2. The molecule has 180 valence electrons. The summed E-state index contributed by atoms with van der Waals surface area (Å²) >= 11 is 0. The van der Waals surface area contributed by atoms with Gasteiger partial charge in [-0.1, -0.05) is 12.1 Å². The molecule has 0 unspecified atom stereocenters. The van der Waals surface area contributed by atoms with Gasteiger partial charge in [0.2, 0.25) is 5.91 Å². The number of amides is 2. The molecule has 2 N–H and O–H groups in total. The minimum atomic E-state index is -0.676. The van der Waals surface area contributed by atoms with Crippen molar-refractivity contribution < 1.29 is 19.1 Å². The SMILES string of the molecule is CC(C)(C#N)c1cccc(C(=O)N[C@H]2[C@H]3Oc4ccc(Oc5ccnc6c5CCC(=O)N6)cc4[C@@H]23)c1. The van der Waals surface area contributed by atoms with E-state index in [4.69, 9.17) is 9.47 Å². The zero-order chi connectivity index (χ0) is 25.0. The van der Waals surface area contributed by atoms with Gasteiger partial charge in [0.1, 0.15) is 29.2 Å². The average Bonchev–Trinajstić information content (AvgIpc) is 3.40. The average molecular weight is 481 g/mol. The normalized spacial score (nSPS) is 21.1. The summed E-state index contributed by atoms with van der Waals surface area (Å²) in [6.45, 7) is 3.66. The number of benzene rings is 2. The highest BCUT2D eigenvalue weighted by atomic mass is 16.5. The van der Waals surface area contributed by atoms with E-state index in [0.717, 1.165) is 22.4 Å². The van der Waals surface area contributed by atoms with E-state index in [1.54, 1.807) is 30.5 Å². The highest BCUT2D eigenvalue weighted by Gasteiger charge is 2.59. The van der Waals surface area contributed by atoms with Gasteiger partial charge in [-0.2, -0.15) is 5.26 Å². The highest BCUT2D eigenvalue weighted by Crippen LogP contribution is 2.54. The lowest BCUT2D eigenvalue weighted by Crippen LogP contribution is -2.30. The maximum absolute atomic E-state index is 13.0. The van der Waals surface area contributed by atoms with Gasteiger partial charge in [0.25, 0.3) is 5.91 Å². The second-order valence-electron chi connectivity index (χ2n) is 9.91. The first-order chi connectivity index (χ1) is 17.3. The highest BCUT2D eigenvalue weighted by molar-refractivity contribution is 5.95. The third kappa shape index (κ3) is 3.73. The molecule has 36 heavy (non-hydrogen) atoms. The second kappa shape index (κ2) is 8.09. The van der Waals surface area contributed by atoms with Crippen LogP contribution in [0.15, 0.2) is 54.7 Å². The zero-order valence-electron chi connectivity index (χ0n) is 19.9. The molecule has 2 aromatic carbocycles. The molecular formula is C28H24N4O4. The summed E-state index contributed by atoms with van der Waals surface area (Å²) in [4.78, 5) is 28.9. The lowest BCUT2D eigenvalue weighted by atomic mass is 9.85. The van der Waals surface area contributed by atoms with E-state index in [9.17, 15) is 14.9 Å². The molecule has 3 atom stereocenters. The third-order valence-electron chi connectivity index (χ3n) is 7.08. The van der Waals surface area contributed by atoms with Crippen molar-refractivity contribution in [2.75, 3.05) is 5.32 Å². The fourth-order valence-electron chi connectivity index (χ4n) is 4.90. The van der Waals surface area contributed by atoms with Crippen LogP contribution in [-0.2, 0) is 16.6 Å². The third-order valence-corrected chi connectivity index (χ3v) is 7.08. The van der Waals surface area contributed by atoms with Gasteiger partial charge in [-0.25, -0.2) is 4.98 Å². The predicted molar refractivity (Wildman–Crippen MR) is 131 cm³/mol. The maximum atomic E-state index is 13.0. The summed E-state index contributed by atoms with van der Waals surface area (Å²) in [7, 11) is 0. The Kier molecular flexibility index (Phi) is 4.97. The van der Waals surface area contributed by atoms with Crippen molar-refractivity contribution in [3.05, 3.63) is 77.0 Å². The number of carbonyl (C=O) groups excluding carboxylic acids is 2. The van der Waals surface area contributed by atoms with Crippen LogP contribution in [0.4, 0.5) is 5.82 Å². The summed E-state index contributed by atoms with van der Waals surface area (Å²) in [5.74, 6) is 2.48. The molecule has 0 radical (unpaired) electrons. The molecule has 3 aliphatic rings. The molecule has 3 heterocycles. The quantitative estimate of drug-likeness (QED) is 0.565. The van der Waals surface area contributed by atoms with E-state index in [2.05, 4.69) is 21.7 Å². The Morgan fingerprint density at radius 3 is 2.92 bits per heavy atom. The number of hydrogen-bond acceptors (Lipinski definition) is 6. The number of nitriles is 1. The molecule has 2 amide bonds. The fourth-order valence-corrected chi connectivity index (χ4v) is 4.90. The number of aromatic nitrogens is 1. The Morgan fingerprint density at radius 1 is 1.22 bits per heavy atom. The molecule has 0 bridgehead atoms. The molecule has 3 aromatic rings. The number of hydrogen-bond donors (Lipinski definition) is 2. The summed E-state index contributed by atoms with van der Waals surface area (Å²) in [6.07, 6.45) is 2.48. The van der Waals surface area contributed by atoms with Crippen LogP contribution in [0.3, 0.4) is 0 Å². The molecule has 2 aliphatic heterocycles. The lowest BCUT2D eigenvalue weighted by molar-refractivity contribution is -0.116. The molecule has 1 fully saturated rings. The Labute approximate surface area is 208 Å². The van der Waals surface area contributed by atoms with Crippen LogP contribution in [0.1, 0.15) is 53.2 Å². The number of ether oxygens (including phenoxy) is 2. The van der Waals surface area contributed by atoms with E-state index in [0.29, 0.717) is 35.7 Å². The fraction of sp³-hybridized carbons (Fsp3) is 0.286. The van der Waals surface area contributed by atoms with Gasteiger partial charge in [0, 0.05) is 29.3 Å². The van der Waals surface area contributed by atoms with E-state index in [-0.39, 0.29) is 29.9 Å². The standard InChI is InChI=1S/C28H24N4O4/c1-28(2,14-29)16-5-3-4-15(12-16)27(34)32-24-23-19-13-17(6-8-20(19)36-25(23)24)35-21-10-11-30-26-18(21)7-9-22(33)31-26/h3-6,8,10-13,23-25H,7,9H2,1-2H3,(H,32,34)(H,30,31,33)/t23-,24+,25-/m0/s1. The van der Waals surface area contributed by atoms with Crippen LogP contribution in [0, 0.1) is 11.3 Å². The Balaban J connectivity index is 1.17. The van der Waals surface area contributed by atoms with Crippen molar-refractivity contribution >= 4 is 17.6 Å². The van der Waals surface area contributed by atoms with Crippen molar-refractivity contribution in [1.82, 2.24) is 10.3 Å². The van der Waals surface area contributed by atoms with Gasteiger partial charge < -0.3 is 20.1 Å². The smallest absolute Gasteiger partial charge is 0.251 e. The van der Waals surface area contributed by atoms with Crippen molar-refractivity contribution in [3.63, 3.8) is 0 Å². The zero-order valence-corrected chi connectivity index (χ0v) is 19.9. The van der Waals surface area contributed by atoms with Crippen LogP contribution in [0.5, 0.6) is 17.2 Å². The number of anilines is 1. The number of nitrogens with zero attached hydrogens (tertiary/aromatic N) is 2. The van der Waals surface area contributed by atoms with Crippen LogP contribution in [0.2, 0.25) is 0 Å². The van der Waals surface area contributed by atoms with Crippen molar-refractivity contribution in [3.8, 4) is 23.3 Å². The summed E-state index contributed by atoms with van der Waals surface area (Å²) in [5.41, 5.74) is 2.52.